The normalized spacial score (nSPS) is 21.5. The minimum Gasteiger partial charge on any atom is -0.310 e. The van der Waals surface area contributed by atoms with Crippen LogP contribution >= 0.6 is 0 Å². The third kappa shape index (κ3) is 5.20. The highest BCUT2D eigenvalue weighted by atomic mass is 15.1. The summed E-state index contributed by atoms with van der Waals surface area (Å²) in [6.45, 7) is 0. The maximum absolute atomic E-state index is 2.65. The second kappa shape index (κ2) is 13.9. The lowest BCUT2D eigenvalue weighted by Gasteiger charge is -2.61. The highest BCUT2D eigenvalue weighted by Gasteiger charge is 2.61. The molecule has 306 valence electrons. The molecule has 0 aliphatic heterocycles. The van der Waals surface area contributed by atoms with Crippen LogP contribution in [0.3, 0.4) is 0 Å². The Labute approximate surface area is 375 Å². The molecule has 5 aliphatic carbocycles. The van der Waals surface area contributed by atoms with E-state index < -0.39 is 0 Å². The van der Waals surface area contributed by atoms with Crippen molar-refractivity contribution in [3.05, 3.63) is 217 Å². The SMILES string of the molecule is c1ccc(-c2ccc(N(c3ccc4c(c3)c3ccccc3n4-c3ccccc3)c3ccc(-c4ccc5c(c4)C4(c6ccccc6-5)C5CC6CC(C5)CC4C6)c4ccccc34)cc2)cc1. The van der Waals surface area contributed by atoms with Crippen LogP contribution < -0.4 is 4.90 Å². The van der Waals surface area contributed by atoms with Gasteiger partial charge in [0.25, 0.3) is 0 Å². The van der Waals surface area contributed by atoms with Crippen LogP contribution in [0.4, 0.5) is 17.1 Å². The number of hydrogen-bond acceptors (Lipinski definition) is 1. The summed E-state index contributed by atoms with van der Waals surface area (Å²) >= 11 is 0. The number of hydrogen-bond donors (Lipinski definition) is 0. The Bertz CT molecular complexity index is 3420. The molecule has 1 spiro atoms. The summed E-state index contributed by atoms with van der Waals surface area (Å²) in [4.78, 5) is 2.48. The molecule has 0 unspecified atom stereocenters. The molecule has 2 heteroatoms. The average Bonchev–Trinajstić information content (AvgIpc) is 3.84. The Morgan fingerprint density at radius 3 is 1.73 bits per heavy atom. The van der Waals surface area contributed by atoms with Gasteiger partial charge in [-0.05, 0) is 166 Å². The number of para-hydroxylation sites is 2. The lowest BCUT2D eigenvalue weighted by molar-refractivity contribution is -0.0399. The van der Waals surface area contributed by atoms with E-state index in [0.717, 1.165) is 35.0 Å². The molecule has 0 saturated heterocycles. The molecule has 4 saturated carbocycles. The van der Waals surface area contributed by atoms with E-state index in [4.69, 9.17) is 0 Å². The van der Waals surface area contributed by atoms with Crippen LogP contribution in [0.2, 0.25) is 0 Å². The molecule has 1 heterocycles. The van der Waals surface area contributed by atoms with E-state index >= 15 is 0 Å². The van der Waals surface area contributed by atoms with Gasteiger partial charge in [0.1, 0.15) is 0 Å². The molecule has 10 aromatic rings. The zero-order valence-corrected chi connectivity index (χ0v) is 35.9. The van der Waals surface area contributed by atoms with Crippen molar-refractivity contribution in [3.63, 3.8) is 0 Å². The fourth-order valence-electron chi connectivity index (χ4n) is 13.9. The van der Waals surface area contributed by atoms with Crippen molar-refractivity contribution in [2.24, 2.45) is 23.7 Å². The van der Waals surface area contributed by atoms with Crippen LogP contribution in [-0.2, 0) is 5.41 Å². The second-order valence-corrected chi connectivity index (χ2v) is 19.3. The zero-order chi connectivity index (χ0) is 41.9. The Hall–Kier alpha value is -7.16. The molecule has 1 aromatic heterocycles. The van der Waals surface area contributed by atoms with E-state index in [1.54, 1.807) is 11.1 Å². The lowest BCUT2D eigenvalue weighted by atomic mass is 9.43. The maximum Gasteiger partial charge on any atom is 0.0542 e. The van der Waals surface area contributed by atoms with Crippen molar-refractivity contribution < 1.29 is 0 Å². The van der Waals surface area contributed by atoms with Crippen molar-refractivity contribution in [2.75, 3.05) is 4.90 Å². The predicted molar refractivity (Wildman–Crippen MR) is 267 cm³/mol. The lowest BCUT2D eigenvalue weighted by Crippen LogP contribution is -2.55. The quantitative estimate of drug-likeness (QED) is 0.162. The first kappa shape index (κ1) is 36.3. The van der Waals surface area contributed by atoms with Crippen molar-refractivity contribution in [3.8, 4) is 39.1 Å². The van der Waals surface area contributed by atoms with Gasteiger partial charge in [-0.15, -0.1) is 0 Å². The van der Waals surface area contributed by atoms with Crippen LogP contribution in [0.15, 0.2) is 206 Å². The molecule has 0 N–H and O–H groups in total. The maximum atomic E-state index is 2.65. The highest BCUT2D eigenvalue weighted by Crippen LogP contribution is 2.69. The van der Waals surface area contributed by atoms with E-state index in [1.165, 1.54) is 109 Å². The molecule has 15 rings (SSSR count). The summed E-state index contributed by atoms with van der Waals surface area (Å²) in [6, 6.07) is 77.4. The van der Waals surface area contributed by atoms with E-state index in [9.17, 15) is 0 Å². The minimum atomic E-state index is 0.135. The first-order valence-electron chi connectivity index (χ1n) is 23.5. The topological polar surface area (TPSA) is 8.17 Å². The standard InChI is InChI=1S/C62H48N2/c1-3-13-42(14-4-1)43-23-26-48(27-24-43)63(49-28-31-61-56(39-49)55-20-10-12-22-59(55)64(61)47-15-5-2-6-16-47)60-32-30-50(51-17-7-8-19-54(51)60)44-25-29-53-52-18-9-11-21-57(52)62(58(53)38-44)45-34-40-33-41(36-45)37-46(62)35-40/h1-32,38-41,45-46H,33-37H2. The monoisotopic (exact) mass is 820 g/mol. The number of nitrogens with zero attached hydrogens (tertiary/aromatic N) is 2. The van der Waals surface area contributed by atoms with Crippen LogP contribution in [-0.4, -0.2) is 4.57 Å². The summed E-state index contributed by atoms with van der Waals surface area (Å²) in [6.07, 6.45) is 7.04. The first-order chi connectivity index (χ1) is 31.7. The first-order valence-corrected chi connectivity index (χ1v) is 23.5. The van der Waals surface area contributed by atoms with Gasteiger partial charge in [0.15, 0.2) is 0 Å². The largest absolute Gasteiger partial charge is 0.310 e. The van der Waals surface area contributed by atoms with Crippen molar-refractivity contribution in [1.82, 2.24) is 4.57 Å². The molecule has 9 aromatic carbocycles. The fraction of sp³-hybridized carbons (Fsp3) is 0.161. The Morgan fingerprint density at radius 2 is 0.953 bits per heavy atom. The third-order valence-electron chi connectivity index (χ3n) is 16.2. The van der Waals surface area contributed by atoms with Crippen LogP contribution in [0, 0.1) is 23.7 Å². The van der Waals surface area contributed by atoms with Gasteiger partial charge >= 0.3 is 0 Å². The van der Waals surface area contributed by atoms with Gasteiger partial charge in [-0.1, -0.05) is 146 Å². The van der Waals surface area contributed by atoms with E-state index in [2.05, 4.69) is 216 Å². The number of benzene rings is 9. The number of anilines is 3. The van der Waals surface area contributed by atoms with Crippen LogP contribution in [0.5, 0.6) is 0 Å². The summed E-state index contributed by atoms with van der Waals surface area (Å²) in [5, 5.41) is 5.01. The number of rotatable bonds is 6. The zero-order valence-electron chi connectivity index (χ0n) is 35.9. The van der Waals surface area contributed by atoms with Gasteiger partial charge in [-0.25, -0.2) is 0 Å². The molecule has 0 atom stereocenters. The number of fused-ring (bicyclic) bond motifs is 7. The van der Waals surface area contributed by atoms with E-state index in [0.29, 0.717) is 0 Å². The smallest absolute Gasteiger partial charge is 0.0542 e. The fourth-order valence-corrected chi connectivity index (χ4v) is 13.9. The second-order valence-electron chi connectivity index (χ2n) is 19.3. The van der Waals surface area contributed by atoms with Gasteiger partial charge in [0.2, 0.25) is 0 Å². The van der Waals surface area contributed by atoms with Crippen molar-refractivity contribution in [1.29, 1.82) is 0 Å². The van der Waals surface area contributed by atoms with Gasteiger partial charge in [-0.2, -0.15) is 0 Å². The molecule has 5 aliphatic rings. The van der Waals surface area contributed by atoms with Gasteiger partial charge < -0.3 is 9.47 Å². The summed E-state index contributed by atoms with van der Waals surface area (Å²) in [7, 11) is 0. The molecular formula is C62H48N2. The Kier molecular flexibility index (Phi) is 7.90. The minimum absolute atomic E-state index is 0.135. The molecular weight excluding hydrogens is 773 g/mol. The average molecular weight is 821 g/mol. The van der Waals surface area contributed by atoms with Crippen LogP contribution in [0.25, 0.3) is 71.6 Å². The van der Waals surface area contributed by atoms with Gasteiger partial charge in [0.05, 0.1) is 16.7 Å². The molecule has 2 nitrogen and oxygen atoms in total. The predicted octanol–water partition coefficient (Wildman–Crippen LogP) is 16.5. The molecule has 4 bridgehead atoms. The molecule has 0 radical (unpaired) electrons. The van der Waals surface area contributed by atoms with Crippen LogP contribution in [0.1, 0.15) is 43.2 Å². The van der Waals surface area contributed by atoms with Crippen molar-refractivity contribution >= 4 is 49.6 Å². The van der Waals surface area contributed by atoms with Crippen molar-refractivity contribution in [2.45, 2.75) is 37.5 Å². The molecule has 0 amide bonds. The number of aromatic nitrogens is 1. The third-order valence-corrected chi connectivity index (χ3v) is 16.2. The molecule has 4 fully saturated rings. The Balaban J connectivity index is 0.951. The highest BCUT2D eigenvalue weighted by molar-refractivity contribution is 6.12. The van der Waals surface area contributed by atoms with Gasteiger partial charge in [0, 0.05) is 38.6 Å². The summed E-state index contributed by atoms with van der Waals surface area (Å²) in [5.74, 6) is 3.32. The van der Waals surface area contributed by atoms with E-state index in [-0.39, 0.29) is 5.41 Å². The van der Waals surface area contributed by atoms with Gasteiger partial charge in [-0.3, -0.25) is 0 Å². The Morgan fingerprint density at radius 1 is 0.375 bits per heavy atom. The van der Waals surface area contributed by atoms with E-state index in [1.807, 2.05) is 0 Å². The molecule has 64 heavy (non-hydrogen) atoms. The summed E-state index contributed by atoms with van der Waals surface area (Å²) < 4.78 is 2.40. The summed E-state index contributed by atoms with van der Waals surface area (Å²) in [5.41, 5.74) is 18.4.